The summed E-state index contributed by atoms with van der Waals surface area (Å²) in [7, 11) is 2.13. The van der Waals surface area contributed by atoms with E-state index in [2.05, 4.69) is 47.8 Å². The van der Waals surface area contributed by atoms with Gasteiger partial charge in [0.05, 0.1) is 7.05 Å². The highest BCUT2D eigenvalue weighted by molar-refractivity contribution is 7.98. The van der Waals surface area contributed by atoms with E-state index >= 15 is 0 Å². The first-order chi connectivity index (χ1) is 11.2. The Morgan fingerprint density at radius 3 is 2.39 bits per heavy atom. The molecule has 0 radical (unpaired) electrons. The molecule has 23 heavy (non-hydrogen) atoms. The lowest BCUT2D eigenvalue weighted by Gasteiger charge is -2.11. The minimum absolute atomic E-state index is 0.581. The number of hydrogen-bond acceptors (Lipinski definition) is 4. The van der Waals surface area contributed by atoms with Crippen LogP contribution in [-0.2, 0) is 13.1 Å². The quantitative estimate of drug-likeness (QED) is 0.707. The number of nitrogens with one attached hydrogen (secondary N) is 1. The van der Waals surface area contributed by atoms with Crippen LogP contribution in [0, 0.1) is 0 Å². The summed E-state index contributed by atoms with van der Waals surface area (Å²) in [6.07, 6.45) is 2.09. The number of nitrogens with zero attached hydrogens (tertiary/aromatic N) is 2. The van der Waals surface area contributed by atoms with Gasteiger partial charge in [0.15, 0.2) is 6.54 Å². The Balaban J connectivity index is 1.61. The molecule has 5 heteroatoms. The van der Waals surface area contributed by atoms with E-state index in [0.717, 1.165) is 12.1 Å². The van der Waals surface area contributed by atoms with Gasteiger partial charge in [-0.3, -0.25) is 0 Å². The Morgan fingerprint density at radius 2 is 1.70 bits per heavy atom. The summed E-state index contributed by atoms with van der Waals surface area (Å²) >= 11 is 1.76. The van der Waals surface area contributed by atoms with E-state index in [1.54, 1.807) is 11.8 Å². The van der Waals surface area contributed by atoms with Crippen molar-refractivity contribution in [3.63, 3.8) is 0 Å². The van der Waals surface area contributed by atoms with Gasteiger partial charge in [-0.25, -0.2) is 0 Å². The van der Waals surface area contributed by atoms with Gasteiger partial charge < -0.3 is 9.32 Å². The predicted molar refractivity (Wildman–Crippen MR) is 92.3 cm³/mol. The van der Waals surface area contributed by atoms with Gasteiger partial charge in [-0.15, -0.1) is 22.0 Å². The molecule has 0 aliphatic heterocycles. The SMILES string of the molecule is CSc1ccc(C[NH+](C)Cc2nnc(-c3ccccc3)o2)cc1. The molecule has 0 aliphatic carbocycles. The lowest BCUT2D eigenvalue weighted by molar-refractivity contribution is -0.909. The molecule has 3 rings (SSSR count). The number of hydrogen-bond donors (Lipinski definition) is 1. The molecule has 118 valence electrons. The monoisotopic (exact) mass is 326 g/mol. The van der Waals surface area contributed by atoms with Crippen LogP contribution < -0.4 is 4.90 Å². The molecule has 2 aromatic carbocycles. The number of aromatic nitrogens is 2. The topological polar surface area (TPSA) is 43.4 Å². The van der Waals surface area contributed by atoms with Gasteiger partial charge >= 0.3 is 0 Å². The van der Waals surface area contributed by atoms with E-state index in [9.17, 15) is 0 Å². The van der Waals surface area contributed by atoms with Crippen molar-refractivity contribution >= 4 is 11.8 Å². The van der Waals surface area contributed by atoms with Crippen LogP contribution in [0.1, 0.15) is 11.5 Å². The highest BCUT2D eigenvalue weighted by Gasteiger charge is 2.13. The van der Waals surface area contributed by atoms with Crippen molar-refractivity contribution in [2.24, 2.45) is 0 Å². The second-order valence-corrected chi connectivity index (χ2v) is 6.41. The second kappa shape index (κ2) is 7.44. The first kappa shape index (κ1) is 15.8. The summed E-state index contributed by atoms with van der Waals surface area (Å²) in [6.45, 7) is 1.64. The van der Waals surface area contributed by atoms with E-state index in [1.165, 1.54) is 15.4 Å². The molecule has 0 bridgehead atoms. The Bertz CT molecular complexity index is 740. The zero-order valence-electron chi connectivity index (χ0n) is 13.3. The second-order valence-electron chi connectivity index (χ2n) is 5.53. The van der Waals surface area contributed by atoms with E-state index in [1.807, 2.05) is 30.3 Å². The molecule has 4 nitrogen and oxygen atoms in total. The van der Waals surface area contributed by atoms with Crippen molar-refractivity contribution in [1.29, 1.82) is 0 Å². The minimum Gasteiger partial charge on any atom is -0.415 e. The highest BCUT2D eigenvalue weighted by atomic mass is 32.2. The average Bonchev–Trinajstić information content (AvgIpc) is 3.04. The Labute approximate surface area is 140 Å². The third-order valence-electron chi connectivity index (χ3n) is 3.61. The fraction of sp³-hybridized carbons (Fsp3) is 0.222. The largest absolute Gasteiger partial charge is 0.415 e. The summed E-state index contributed by atoms with van der Waals surface area (Å²) in [5.74, 6) is 1.25. The normalized spacial score (nSPS) is 12.3. The molecular weight excluding hydrogens is 306 g/mol. The molecule has 1 aromatic heterocycles. The Hall–Kier alpha value is -2.11. The molecule has 0 saturated heterocycles. The number of benzene rings is 2. The molecule has 1 heterocycles. The zero-order valence-corrected chi connectivity index (χ0v) is 14.1. The third kappa shape index (κ3) is 4.21. The van der Waals surface area contributed by atoms with Crippen molar-refractivity contribution in [3.8, 4) is 11.5 Å². The maximum Gasteiger partial charge on any atom is 0.271 e. The number of rotatable bonds is 6. The molecule has 0 amide bonds. The van der Waals surface area contributed by atoms with Crippen LogP contribution in [0.25, 0.3) is 11.5 Å². The van der Waals surface area contributed by atoms with Crippen LogP contribution in [0.3, 0.4) is 0 Å². The molecule has 0 fully saturated rings. The van der Waals surface area contributed by atoms with Crippen LogP contribution in [0.5, 0.6) is 0 Å². The third-order valence-corrected chi connectivity index (χ3v) is 4.35. The fourth-order valence-corrected chi connectivity index (χ4v) is 2.84. The average molecular weight is 326 g/mol. The molecule has 0 aliphatic rings. The van der Waals surface area contributed by atoms with E-state index < -0.39 is 0 Å². The van der Waals surface area contributed by atoms with Gasteiger partial charge in [0.2, 0.25) is 5.89 Å². The van der Waals surface area contributed by atoms with Gasteiger partial charge in [-0.2, -0.15) is 0 Å². The molecule has 1 atom stereocenters. The maximum absolute atomic E-state index is 5.77. The summed E-state index contributed by atoms with van der Waals surface area (Å²) in [4.78, 5) is 2.60. The molecule has 0 saturated carbocycles. The lowest BCUT2D eigenvalue weighted by atomic mass is 10.2. The van der Waals surface area contributed by atoms with Gasteiger partial charge in [-0.05, 0) is 30.5 Å². The predicted octanol–water partition coefficient (Wildman–Crippen LogP) is 2.67. The lowest BCUT2D eigenvalue weighted by Crippen LogP contribution is -3.06. The van der Waals surface area contributed by atoms with Crippen LogP contribution >= 0.6 is 11.8 Å². The molecule has 1 N–H and O–H groups in total. The van der Waals surface area contributed by atoms with Crippen molar-refractivity contribution in [2.75, 3.05) is 13.3 Å². The van der Waals surface area contributed by atoms with Crippen LogP contribution in [0.2, 0.25) is 0 Å². The standard InChI is InChI=1S/C18H19N3OS/c1-21(12-14-8-10-16(23-2)11-9-14)13-17-19-20-18(22-17)15-6-4-3-5-7-15/h3-11H,12-13H2,1-2H3/p+1. The van der Waals surface area contributed by atoms with E-state index in [-0.39, 0.29) is 0 Å². The van der Waals surface area contributed by atoms with Gasteiger partial charge in [0, 0.05) is 16.0 Å². The maximum atomic E-state index is 5.77. The van der Waals surface area contributed by atoms with E-state index in [4.69, 9.17) is 4.42 Å². The number of quaternary nitrogens is 1. The summed E-state index contributed by atoms with van der Waals surface area (Å²) in [5.41, 5.74) is 2.26. The van der Waals surface area contributed by atoms with Gasteiger partial charge in [0.25, 0.3) is 5.89 Å². The minimum atomic E-state index is 0.581. The summed E-state index contributed by atoms with van der Waals surface area (Å²) in [6, 6.07) is 18.5. The van der Waals surface area contributed by atoms with Gasteiger partial charge in [-0.1, -0.05) is 30.3 Å². The van der Waals surface area contributed by atoms with Crippen molar-refractivity contribution < 1.29 is 9.32 Å². The van der Waals surface area contributed by atoms with Gasteiger partial charge in [0.1, 0.15) is 6.54 Å². The molecule has 3 aromatic rings. The number of thioether (sulfide) groups is 1. The van der Waals surface area contributed by atoms with E-state index in [0.29, 0.717) is 18.3 Å². The van der Waals surface area contributed by atoms with Crippen molar-refractivity contribution in [2.45, 2.75) is 18.0 Å². The van der Waals surface area contributed by atoms with Crippen LogP contribution in [-0.4, -0.2) is 23.5 Å². The highest BCUT2D eigenvalue weighted by Crippen LogP contribution is 2.16. The van der Waals surface area contributed by atoms with Crippen LogP contribution in [0.4, 0.5) is 0 Å². The summed E-state index contributed by atoms with van der Waals surface area (Å²) in [5, 5.41) is 8.30. The first-order valence-corrected chi connectivity index (χ1v) is 8.79. The smallest absolute Gasteiger partial charge is 0.271 e. The van der Waals surface area contributed by atoms with Crippen LogP contribution in [0.15, 0.2) is 63.9 Å². The molecule has 1 unspecified atom stereocenters. The summed E-state index contributed by atoms with van der Waals surface area (Å²) < 4.78 is 5.77. The Kier molecular flexibility index (Phi) is 5.10. The van der Waals surface area contributed by atoms with Crippen molar-refractivity contribution in [1.82, 2.24) is 10.2 Å². The molecular formula is C18H20N3OS+. The first-order valence-electron chi connectivity index (χ1n) is 7.56. The Morgan fingerprint density at radius 1 is 0.957 bits per heavy atom. The zero-order chi connectivity index (χ0) is 16.1. The fourth-order valence-electron chi connectivity index (χ4n) is 2.43. The molecule has 0 spiro atoms. The van der Waals surface area contributed by atoms with Crippen molar-refractivity contribution in [3.05, 3.63) is 66.1 Å².